The molecule has 0 aromatic heterocycles. The van der Waals surface area contributed by atoms with Crippen molar-refractivity contribution in [1.82, 2.24) is 20.4 Å². The number of carbonyl (C=O) groups excluding carboxylic acids is 2. The van der Waals surface area contributed by atoms with E-state index in [0.717, 1.165) is 50.4 Å². The van der Waals surface area contributed by atoms with Gasteiger partial charge in [-0.25, -0.2) is 4.79 Å². The molecular formula is C18H25F3N4O2. The number of benzene rings is 1. The first-order valence-electron chi connectivity index (χ1n) is 8.90. The van der Waals surface area contributed by atoms with Crippen molar-refractivity contribution in [3.63, 3.8) is 0 Å². The zero-order valence-corrected chi connectivity index (χ0v) is 15.3. The summed E-state index contributed by atoms with van der Waals surface area (Å²) in [4.78, 5) is 27.0. The lowest BCUT2D eigenvalue weighted by molar-refractivity contribution is -0.137. The molecule has 6 nitrogen and oxygen atoms in total. The Balaban J connectivity index is 1.66. The smallest absolute Gasteiger partial charge is 0.341 e. The van der Waals surface area contributed by atoms with E-state index in [-0.39, 0.29) is 5.91 Å². The van der Waals surface area contributed by atoms with Gasteiger partial charge < -0.3 is 10.2 Å². The predicted molar refractivity (Wildman–Crippen MR) is 95.0 cm³/mol. The number of imide groups is 1. The summed E-state index contributed by atoms with van der Waals surface area (Å²) in [5, 5.41) is 4.56. The van der Waals surface area contributed by atoms with Crippen molar-refractivity contribution in [3.8, 4) is 0 Å². The summed E-state index contributed by atoms with van der Waals surface area (Å²) in [6, 6.07) is 4.79. The first kappa shape index (κ1) is 21.2. The number of halogens is 3. The maximum absolute atomic E-state index is 12.6. The van der Waals surface area contributed by atoms with E-state index < -0.39 is 17.8 Å². The summed E-state index contributed by atoms with van der Waals surface area (Å²) < 4.78 is 37.8. The van der Waals surface area contributed by atoms with Crippen LogP contribution in [0.3, 0.4) is 0 Å². The second-order valence-electron chi connectivity index (χ2n) is 6.54. The molecule has 1 aliphatic rings. The summed E-state index contributed by atoms with van der Waals surface area (Å²) in [6.07, 6.45) is -3.34. The van der Waals surface area contributed by atoms with Gasteiger partial charge in [0.15, 0.2) is 0 Å². The molecule has 9 heteroatoms. The second-order valence-corrected chi connectivity index (χ2v) is 6.54. The Hall–Kier alpha value is -2.13. The molecule has 2 N–H and O–H groups in total. The standard InChI is InChI=1S/C18H25F3N4O2/c1-22-17(27)23-16(26)3-2-8-24-9-11-25(12-10-24)13-14-4-6-15(7-5-14)18(19,20)21/h4-7H,2-3,8-13H2,1H3,(H2,22,23,26,27). The molecule has 1 saturated heterocycles. The Morgan fingerprint density at radius 3 is 2.19 bits per heavy atom. The van der Waals surface area contributed by atoms with E-state index in [1.54, 1.807) is 0 Å². The topological polar surface area (TPSA) is 64.7 Å². The minimum absolute atomic E-state index is 0.291. The number of hydrogen-bond donors (Lipinski definition) is 2. The quantitative estimate of drug-likeness (QED) is 0.786. The average molecular weight is 386 g/mol. The van der Waals surface area contributed by atoms with Crippen LogP contribution < -0.4 is 10.6 Å². The Kier molecular flexibility index (Phi) is 7.61. The highest BCUT2D eigenvalue weighted by atomic mass is 19.4. The first-order valence-corrected chi connectivity index (χ1v) is 8.90. The van der Waals surface area contributed by atoms with Gasteiger partial charge in [-0.1, -0.05) is 12.1 Å². The Labute approximate surface area is 156 Å². The summed E-state index contributed by atoms with van der Waals surface area (Å²) >= 11 is 0. The monoisotopic (exact) mass is 386 g/mol. The van der Waals surface area contributed by atoms with Crippen LogP contribution in [0, 0.1) is 0 Å². The maximum atomic E-state index is 12.6. The number of nitrogens with one attached hydrogen (secondary N) is 2. The maximum Gasteiger partial charge on any atom is 0.416 e. The van der Waals surface area contributed by atoms with E-state index in [2.05, 4.69) is 20.4 Å². The minimum Gasteiger partial charge on any atom is -0.341 e. The molecule has 0 aliphatic carbocycles. The number of amides is 3. The van der Waals surface area contributed by atoms with Gasteiger partial charge >= 0.3 is 12.2 Å². The van der Waals surface area contributed by atoms with Crippen molar-refractivity contribution in [2.45, 2.75) is 25.6 Å². The highest BCUT2D eigenvalue weighted by Crippen LogP contribution is 2.29. The summed E-state index contributed by atoms with van der Waals surface area (Å²) in [5.41, 5.74) is 0.235. The van der Waals surface area contributed by atoms with Crippen molar-refractivity contribution < 1.29 is 22.8 Å². The Morgan fingerprint density at radius 2 is 1.63 bits per heavy atom. The van der Waals surface area contributed by atoms with E-state index in [4.69, 9.17) is 0 Å². The molecule has 3 amide bonds. The number of hydrogen-bond acceptors (Lipinski definition) is 4. The zero-order chi connectivity index (χ0) is 19.9. The van der Waals surface area contributed by atoms with Crippen LogP contribution in [0.2, 0.25) is 0 Å². The van der Waals surface area contributed by atoms with Gasteiger partial charge in [-0.05, 0) is 30.7 Å². The molecular weight excluding hydrogens is 361 g/mol. The molecule has 0 atom stereocenters. The van der Waals surface area contributed by atoms with E-state index in [1.165, 1.54) is 19.2 Å². The SMILES string of the molecule is CNC(=O)NC(=O)CCCN1CCN(Cc2ccc(C(F)(F)F)cc2)CC1. The van der Waals surface area contributed by atoms with E-state index in [0.29, 0.717) is 19.4 Å². The summed E-state index contributed by atoms with van der Waals surface area (Å²) in [5.74, 6) is -0.296. The minimum atomic E-state index is -4.30. The van der Waals surface area contributed by atoms with Crippen molar-refractivity contribution in [2.75, 3.05) is 39.8 Å². The van der Waals surface area contributed by atoms with Crippen LogP contribution in [0.15, 0.2) is 24.3 Å². The van der Waals surface area contributed by atoms with Crippen LogP contribution >= 0.6 is 0 Å². The molecule has 150 valence electrons. The van der Waals surface area contributed by atoms with Gasteiger partial charge in [0.1, 0.15) is 0 Å². The van der Waals surface area contributed by atoms with Crippen LogP contribution in [0.1, 0.15) is 24.0 Å². The predicted octanol–water partition coefficient (Wildman–Crippen LogP) is 2.06. The molecule has 0 radical (unpaired) electrons. The van der Waals surface area contributed by atoms with E-state index in [9.17, 15) is 22.8 Å². The van der Waals surface area contributed by atoms with Crippen LogP contribution in [-0.2, 0) is 17.5 Å². The molecule has 0 bridgehead atoms. The van der Waals surface area contributed by atoms with E-state index in [1.807, 2.05) is 0 Å². The number of nitrogens with zero attached hydrogens (tertiary/aromatic N) is 2. The van der Waals surface area contributed by atoms with Crippen molar-refractivity contribution >= 4 is 11.9 Å². The molecule has 27 heavy (non-hydrogen) atoms. The summed E-state index contributed by atoms with van der Waals surface area (Å²) in [6.45, 7) is 4.74. The van der Waals surface area contributed by atoms with Crippen LogP contribution in [0.4, 0.5) is 18.0 Å². The van der Waals surface area contributed by atoms with Gasteiger partial charge in [-0.15, -0.1) is 0 Å². The first-order chi connectivity index (χ1) is 12.8. The summed E-state index contributed by atoms with van der Waals surface area (Å²) in [7, 11) is 1.45. The van der Waals surface area contributed by atoms with Crippen LogP contribution in [0.25, 0.3) is 0 Å². The third-order valence-corrected chi connectivity index (χ3v) is 4.51. The highest BCUT2D eigenvalue weighted by Gasteiger charge is 2.30. The van der Waals surface area contributed by atoms with Gasteiger partial charge in [0.2, 0.25) is 5.91 Å². The molecule has 0 saturated carbocycles. The van der Waals surface area contributed by atoms with Crippen molar-refractivity contribution in [1.29, 1.82) is 0 Å². The lowest BCUT2D eigenvalue weighted by atomic mass is 10.1. The highest BCUT2D eigenvalue weighted by molar-refractivity contribution is 5.94. The number of carbonyl (C=O) groups is 2. The molecule has 1 fully saturated rings. The molecule has 1 aliphatic heterocycles. The molecule has 0 spiro atoms. The van der Waals surface area contributed by atoms with Gasteiger partial charge in [-0.2, -0.15) is 13.2 Å². The van der Waals surface area contributed by atoms with Crippen LogP contribution in [0.5, 0.6) is 0 Å². The number of piperazine rings is 1. The van der Waals surface area contributed by atoms with Crippen molar-refractivity contribution in [3.05, 3.63) is 35.4 Å². The molecule has 1 aromatic rings. The molecule has 1 aromatic carbocycles. The fourth-order valence-corrected chi connectivity index (χ4v) is 2.94. The fraction of sp³-hybridized carbons (Fsp3) is 0.556. The molecule has 2 rings (SSSR count). The third kappa shape index (κ3) is 7.18. The largest absolute Gasteiger partial charge is 0.416 e. The lowest BCUT2D eigenvalue weighted by Gasteiger charge is -2.34. The number of urea groups is 1. The van der Waals surface area contributed by atoms with Gasteiger partial charge in [0, 0.05) is 46.2 Å². The Morgan fingerprint density at radius 1 is 1.04 bits per heavy atom. The number of rotatable bonds is 6. The van der Waals surface area contributed by atoms with Gasteiger partial charge in [-0.3, -0.25) is 15.0 Å². The molecule has 1 heterocycles. The van der Waals surface area contributed by atoms with Gasteiger partial charge in [0.05, 0.1) is 5.56 Å². The number of alkyl halides is 3. The second kappa shape index (κ2) is 9.70. The zero-order valence-electron chi connectivity index (χ0n) is 15.3. The average Bonchev–Trinajstić information content (AvgIpc) is 2.62. The van der Waals surface area contributed by atoms with Crippen molar-refractivity contribution in [2.24, 2.45) is 0 Å². The lowest BCUT2D eigenvalue weighted by Crippen LogP contribution is -2.46. The Bertz CT molecular complexity index is 626. The normalized spacial score (nSPS) is 16.1. The van der Waals surface area contributed by atoms with Crippen LogP contribution in [-0.4, -0.2) is 61.5 Å². The molecule has 0 unspecified atom stereocenters. The third-order valence-electron chi connectivity index (χ3n) is 4.51. The van der Waals surface area contributed by atoms with E-state index >= 15 is 0 Å². The fourth-order valence-electron chi connectivity index (χ4n) is 2.94. The van der Waals surface area contributed by atoms with Gasteiger partial charge in [0.25, 0.3) is 0 Å².